The Morgan fingerprint density at radius 3 is 2.86 bits per heavy atom. The lowest BCUT2D eigenvalue weighted by Crippen LogP contribution is -2.03. The summed E-state index contributed by atoms with van der Waals surface area (Å²) >= 11 is 0. The Balaban J connectivity index is 3.06. The zero-order valence-corrected chi connectivity index (χ0v) is 7.43. The van der Waals surface area contributed by atoms with Gasteiger partial charge in [0, 0.05) is 17.8 Å². The summed E-state index contributed by atoms with van der Waals surface area (Å²) in [5, 5.41) is 18.9. The highest BCUT2D eigenvalue weighted by molar-refractivity contribution is 5.69. The van der Waals surface area contributed by atoms with E-state index in [1.165, 1.54) is 12.3 Å². The van der Waals surface area contributed by atoms with Crippen molar-refractivity contribution in [3.05, 3.63) is 33.6 Å². The molecule has 1 heterocycles. The lowest BCUT2D eigenvalue weighted by molar-refractivity contribution is -0.385. The molecule has 0 aliphatic carbocycles. The van der Waals surface area contributed by atoms with Crippen LogP contribution in [0.3, 0.4) is 0 Å². The van der Waals surface area contributed by atoms with E-state index in [4.69, 9.17) is 5.11 Å². The molecule has 0 fully saturated rings. The van der Waals surface area contributed by atoms with Gasteiger partial charge < -0.3 is 5.11 Å². The summed E-state index contributed by atoms with van der Waals surface area (Å²) in [6.07, 6.45) is 0.998. The Morgan fingerprint density at radius 1 is 1.71 bits per heavy atom. The van der Waals surface area contributed by atoms with Gasteiger partial charge in [-0.2, -0.15) is 0 Å². The van der Waals surface area contributed by atoms with E-state index in [-0.39, 0.29) is 17.8 Å². The topological polar surface area (TPSA) is 93.3 Å². The van der Waals surface area contributed by atoms with Crippen molar-refractivity contribution in [2.75, 3.05) is 0 Å². The lowest BCUT2D eigenvalue weighted by atomic mass is 10.2. The number of nitrogens with zero attached hydrogens (tertiary/aromatic N) is 2. The molecule has 0 radical (unpaired) electrons. The first-order valence-electron chi connectivity index (χ1n) is 3.82. The van der Waals surface area contributed by atoms with E-state index in [9.17, 15) is 14.9 Å². The predicted octanol–water partition coefficient (Wildman–Crippen LogP) is 0.925. The van der Waals surface area contributed by atoms with Gasteiger partial charge >= 0.3 is 5.97 Å². The highest BCUT2D eigenvalue weighted by Gasteiger charge is 2.13. The van der Waals surface area contributed by atoms with Gasteiger partial charge in [0.25, 0.3) is 5.69 Å². The third-order valence-corrected chi connectivity index (χ3v) is 1.66. The van der Waals surface area contributed by atoms with Crippen molar-refractivity contribution in [2.45, 2.75) is 13.3 Å². The van der Waals surface area contributed by atoms with Crippen molar-refractivity contribution in [3.63, 3.8) is 0 Å². The summed E-state index contributed by atoms with van der Waals surface area (Å²) in [4.78, 5) is 24.0. The molecule has 0 atom stereocenters. The van der Waals surface area contributed by atoms with Crippen molar-refractivity contribution in [2.24, 2.45) is 0 Å². The molecule has 0 amide bonds. The minimum atomic E-state index is -1.06. The summed E-state index contributed by atoms with van der Waals surface area (Å²) < 4.78 is 0. The summed E-state index contributed by atoms with van der Waals surface area (Å²) in [6, 6.07) is 1.18. The number of nitro groups is 1. The first kappa shape index (κ1) is 10.1. The summed E-state index contributed by atoms with van der Waals surface area (Å²) in [5.41, 5.74) is 0.509. The van der Waals surface area contributed by atoms with Gasteiger partial charge in [0.2, 0.25) is 0 Å². The molecule has 0 aliphatic heterocycles. The monoisotopic (exact) mass is 196 g/mol. The lowest BCUT2D eigenvalue weighted by Gasteiger charge is -1.99. The fourth-order valence-corrected chi connectivity index (χ4v) is 1.00. The van der Waals surface area contributed by atoms with E-state index < -0.39 is 10.9 Å². The first-order chi connectivity index (χ1) is 6.50. The quantitative estimate of drug-likeness (QED) is 0.573. The van der Waals surface area contributed by atoms with Crippen LogP contribution in [0.1, 0.15) is 11.3 Å². The summed E-state index contributed by atoms with van der Waals surface area (Å²) in [7, 11) is 0. The van der Waals surface area contributed by atoms with Crippen molar-refractivity contribution < 1.29 is 14.8 Å². The van der Waals surface area contributed by atoms with Gasteiger partial charge in [0.05, 0.1) is 17.0 Å². The first-order valence-corrected chi connectivity index (χ1v) is 3.82. The largest absolute Gasteiger partial charge is 0.481 e. The van der Waals surface area contributed by atoms with Crippen molar-refractivity contribution in [1.29, 1.82) is 0 Å². The molecule has 0 bridgehead atoms. The van der Waals surface area contributed by atoms with Crippen LogP contribution in [0.15, 0.2) is 12.3 Å². The van der Waals surface area contributed by atoms with Crippen LogP contribution in [-0.2, 0) is 11.2 Å². The summed E-state index contributed by atoms with van der Waals surface area (Å²) in [6.45, 7) is 1.55. The molecule has 1 aromatic heterocycles. The number of carbonyl (C=O) groups is 1. The molecule has 0 spiro atoms. The SMILES string of the molecule is Cc1cnc(CC(=O)O)cc1[N+](=O)[O-]. The second-order valence-electron chi connectivity index (χ2n) is 2.79. The van der Waals surface area contributed by atoms with Crippen LogP contribution in [0.2, 0.25) is 0 Å². The van der Waals surface area contributed by atoms with Gasteiger partial charge in [0.1, 0.15) is 0 Å². The van der Waals surface area contributed by atoms with Crippen LogP contribution in [0, 0.1) is 17.0 Å². The maximum atomic E-state index is 10.5. The normalized spacial score (nSPS) is 9.79. The number of aryl methyl sites for hydroxylation is 1. The smallest absolute Gasteiger partial charge is 0.309 e. The van der Waals surface area contributed by atoms with Crippen molar-refractivity contribution in [1.82, 2.24) is 4.98 Å². The number of carboxylic acid groups (broad SMARTS) is 1. The molecule has 1 N–H and O–H groups in total. The average Bonchev–Trinajstić information content (AvgIpc) is 2.07. The molecular formula is C8H8N2O4. The highest BCUT2D eigenvalue weighted by atomic mass is 16.6. The molecule has 1 rings (SSSR count). The molecule has 14 heavy (non-hydrogen) atoms. The molecule has 6 nitrogen and oxygen atoms in total. The maximum absolute atomic E-state index is 10.5. The van der Waals surface area contributed by atoms with Crippen molar-refractivity contribution in [3.8, 4) is 0 Å². The molecule has 0 aliphatic rings. The molecule has 74 valence electrons. The second-order valence-corrected chi connectivity index (χ2v) is 2.79. The van der Waals surface area contributed by atoms with E-state index in [1.54, 1.807) is 6.92 Å². The number of hydrogen-bond donors (Lipinski definition) is 1. The van der Waals surface area contributed by atoms with E-state index in [1.807, 2.05) is 0 Å². The fraction of sp³-hybridized carbons (Fsp3) is 0.250. The number of aliphatic carboxylic acids is 1. The Hall–Kier alpha value is -1.98. The molecule has 0 unspecified atom stereocenters. The van der Waals surface area contributed by atoms with Gasteiger partial charge in [-0.15, -0.1) is 0 Å². The van der Waals surface area contributed by atoms with Crippen LogP contribution in [0.25, 0.3) is 0 Å². The van der Waals surface area contributed by atoms with E-state index in [2.05, 4.69) is 4.98 Å². The molecule has 0 saturated carbocycles. The van der Waals surface area contributed by atoms with Crippen LogP contribution in [0.5, 0.6) is 0 Å². The van der Waals surface area contributed by atoms with Crippen LogP contribution in [-0.4, -0.2) is 21.0 Å². The third kappa shape index (κ3) is 2.25. The second kappa shape index (κ2) is 3.82. The Labute approximate surface area is 79.4 Å². The predicted molar refractivity (Wildman–Crippen MR) is 47.0 cm³/mol. The zero-order valence-electron chi connectivity index (χ0n) is 7.43. The number of rotatable bonds is 3. The Bertz CT molecular complexity index is 389. The van der Waals surface area contributed by atoms with E-state index in [0.29, 0.717) is 5.56 Å². The molecule has 0 saturated heterocycles. The minimum Gasteiger partial charge on any atom is -0.481 e. The highest BCUT2D eigenvalue weighted by Crippen LogP contribution is 2.17. The van der Waals surface area contributed by atoms with Gasteiger partial charge in [-0.1, -0.05) is 0 Å². The van der Waals surface area contributed by atoms with E-state index >= 15 is 0 Å². The standard InChI is InChI=1S/C8H8N2O4/c1-5-4-9-6(3-8(11)12)2-7(5)10(13)14/h2,4H,3H2,1H3,(H,11,12). The number of hydrogen-bond acceptors (Lipinski definition) is 4. The van der Waals surface area contributed by atoms with Crippen molar-refractivity contribution >= 4 is 11.7 Å². The maximum Gasteiger partial charge on any atom is 0.309 e. The molecule has 1 aromatic rings. The Morgan fingerprint density at radius 2 is 2.36 bits per heavy atom. The zero-order chi connectivity index (χ0) is 10.7. The minimum absolute atomic E-state index is 0.101. The number of pyridine rings is 1. The molecule has 0 aromatic carbocycles. The van der Waals surface area contributed by atoms with Gasteiger partial charge in [-0.25, -0.2) is 0 Å². The third-order valence-electron chi connectivity index (χ3n) is 1.66. The van der Waals surface area contributed by atoms with E-state index in [0.717, 1.165) is 0 Å². The number of aromatic nitrogens is 1. The molecular weight excluding hydrogens is 188 g/mol. The van der Waals surface area contributed by atoms with Crippen LogP contribution >= 0.6 is 0 Å². The fourth-order valence-electron chi connectivity index (χ4n) is 1.00. The summed E-state index contributed by atoms with van der Waals surface area (Å²) in [5.74, 6) is -1.06. The molecule has 6 heteroatoms. The van der Waals surface area contributed by atoms with Crippen LogP contribution in [0.4, 0.5) is 5.69 Å². The van der Waals surface area contributed by atoms with Gasteiger partial charge in [-0.3, -0.25) is 19.9 Å². The van der Waals surface area contributed by atoms with Gasteiger partial charge in [0.15, 0.2) is 0 Å². The Kier molecular flexibility index (Phi) is 2.76. The van der Waals surface area contributed by atoms with Gasteiger partial charge in [-0.05, 0) is 6.92 Å². The average molecular weight is 196 g/mol. The van der Waals surface area contributed by atoms with Crippen LogP contribution < -0.4 is 0 Å². The number of carboxylic acids is 1.